The van der Waals surface area contributed by atoms with E-state index in [-0.39, 0.29) is 11.7 Å². The van der Waals surface area contributed by atoms with Gasteiger partial charge in [0.25, 0.3) is 5.91 Å². The number of benzene rings is 2. The van der Waals surface area contributed by atoms with Crippen molar-refractivity contribution in [1.82, 2.24) is 0 Å². The Hall–Kier alpha value is -1.68. The molecule has 0 atom stereocenters. The zero-order valence-corrected chi connectivity index (χ0v) is 13.0. The quantitative estimate of drug-likeness (QED) is 0.836. The fourth-order valence-electron chi connectivity index (χ4n) is 2.73. The van der Waals surface area contributed by atoms with Crippen LogP contribution in [-0.2, 0) is 12.8 Å². The third-order valence-corrected chi connectivity index (χ3v) is 4.43. The lowest BCUT2D eigenvalue weighted by Crippen LogP contribution is -2.15. The predicted molar refractivity (Wildman–Crippen MR) is 85.1 cm³/mol. The van der Waals surface area contributed by atoms with Crippen LogP contribution in [0.25, 0.3) is 0 Å². The Morgan fingerprint density at radius 1 is 1.14 bits per heavy atom. The number of halogens is 2. The highest BCUT2D eigenvalue weighted by atomic mass is 79.9. The van der Waals surface area contributed by atoms with Gasteiger partial charge in [0.15, 0.2) is 0 Å². The highest BCUT2D eigenvalue weighted by molar-refractivity contribution is 9.10. The maximum Gasteiger partial charge on any atom is 0.255 e. The van der Waals surface area contributed by atoms with Crippen molar-refractivity contribution < 1.29 is 9.18 Å². The largest absolute Gasteiger partial charge is 0.322 e. The minimum absolute atomic E-state index is 0.213. The fraction of sp³-hybridized carbons (Fsp3) is 0.235. The van der Waals surface area contributed by atoms with Gasteiger partial charge in [-0.25, -0.2) is 4.39 Å². The van der Waals surface area contributed by atoms with Gasteiger partial charge in [-0.05, 0) is 77.0 Å². The average molecular weight is 348 g/mol. The zero-order valence-electron chi connectivity index (χ0n) is 11.5. The van der Waals surface area contributed by atoms with Crippen LogP contribution in [0.4, 0.5) is 10.1 Å². The first kappa shape index (κ1) is 14.3. The van der Waals surface area contributed by atoms with Crippen LogP contribution in [0, 0.1) is 5.82 Å². The molecule has 21 heavy (non-hydrogen) atoms. The first-order chi connectivity index (χ1) is 10.1. The number of carbonyl (C=O) groups excluding carboxylic acids is 1. The highest BCUT2D eigenvalue weighted by Gasteiger charge is 2.15. The smallest absolute Gasteiger partial charge is 0.255 e. The molecule has 2 aromatic rings. The van der Waals surface area contributed by atoms with Crippen LogP contribution in [-0.4, -0.2) is 5.91 Å². The summed E-state index contributed by atoms with van der Waals surface area (Å²) in [7, 11) is 0. The summed E-state index contributed by atoms with van der Waals surface area (Å²) in [5.74, 6) is -0.585. The zero-order chi connectivity index (χ0) is 14.8. The average Bonchev–Trinajstić information content (AvgIpc) is 2.50. The van der Waals surface area contributed by atoms with Gasteiger partial charge in [-0.1, -0.05) is 12.1 Å². The highest BCUT2D eigenvalue weighted by Crippen LogP contribution is 2.28. The van der Waals surface area contributed by atoms with Crippen LogP contribution in [0.3, 0.4) is 0 Å². The van der Waals surface area contributed by atoms with E-state index in [1.165, 1.54) is 35.7 Å². The summed E-state index contributed by atoms with van der Waals surface area (Å²) in [6.07, 6.45) is 4.43. The lowest BCUT2D eigenvalue weighted by Gasteiger charge is -2.19. The van der Waals surface area contributed by atoms with Crippen LogP contribution in [0.15, 0.2) is 40.9 Å². The molecule has 1 N–H and O–H groups in total. The summed E-state index contributed by atoms with van der Waals surface area (Å²) in [6.45, 7) is 0. The molecule has 0 aliphatic heterocycles. The molecule has 108 valence electrons. The Morgan fingerprint density at radius 3 is 2.76 bits per heavy atom. The Labute approximate surface area is 131 Å². The molecule has 1 aliphatic rings. The van der Waals surface area contributed by atoms with E-state index in [4.69, 9.17) is 0 Å². The molecule has 0 bridgehead atoms. The number of fused-ring (bicyclic) bond motifs is 1. The van der Waals surface area contributed by atoms with Gasteiger partial charge < -0.3 is 5.32 Å². The van der Waals surface area contributed by atoms with E-state index >= 15 is 0 Å². The number of hydrogen-bond donors (Lipinski definition) is 1. The van der Waals surface area contributed by atoms with Gasteiger partial charge in [0, 0.05) is 11.3 Å². The molecule has 0 unspecified atom stereocenters. The number of nitrogens with one attached hydrogen (secondary N) is 1. The van der Waals surface area contributed by atoms with E-state index in [0.717, 1.165) is 24.9 Å². The summed E-state index contributed by atoms with van der Waals surface area (Å²) in [6, 6.07) is 10.3. The molecule has 3 rings (SSSR count). The van der Waals surface area contributed by atoms with Crippen LogP contribution in [0.5, 0.6) is 0 Å². The van der Waals surface area contributed by atoms with Gasteiger partial charge in [-0.15, -0.1) is 0 Å². The van der Waals surface area contributed by atoms with Gasteiger partial charge >= 0.3 is 0 Å². The van der Waals surface area contributed by atoms with Crippen molar-refractivity contribution in [3.05, 3.63) is 63.4 Å². The maximum atomic E-state index is 13.2. The van der Waals surface area contributed by atoms with Gasteiger partial charge in [0.2, 0.25) is 0 Å². The molecule has 1 aliphatic carbocycles. The van der Waals surface area contributed by atoms with Gasteiger partial charge in [0.05, 0.1) is 4.47 Å². The van der Waals surface area contributed by atoms with Crippen molar-refractivity contribution in [2.75, 3.05) is 5.32 Å². The molecule has 0 fully saturated rings. The third kappa shape index (κ3) is 3.00. The van der Waals surface area contributed by atoms with E-state index in [1.807, 2.05) is 12.1 Å². The normalized spacial score (nSPS) is 13.6. The van der Waals surface area contributed by atoms with Crippen molar-refractivity contribution in [1.29, 1.82) is 0 Å². The van der Waals surface area contributed by atoms with E-state index < -0.39 is 0 Å². The van der Waals surface area contributed by atoms with Crippen molar-refractivity contribution in [2.45, 2.75) is 25.7 Å². The molecule has 0 saturated heterocycles. The monoisotopic (exact) mass is 347 g/mol. The van der Waals surface area contributed by atoms with Crippen molar-refractivity contribution in [3.63, 3.8) is 0 Å². The lowest BCUT2D eigenvalue weighted by molar-refractivity contribution is 0.102. The first-order valence-corrected chi connectivity index (χ1v) is 7.81. The Bertz CT molecular complexity index is 699. The molecule has 0 radical (unpaired) electrons. The topological polar surface area (TPSA) is 29.1 Å². The van der Waals surface area contributed by atoms with Gasteiger partial charge in [-0.2, -0.15) is 0 Å². The standard InChI is InChI=1S/C17H15BrFNO/c18-14-10-12(8-9-15(14)19)17(21)20-16-7-3-5-11-4-1-2-6-13(11)16/h3,5,7-10H,1-2,4,6H2,(H,20,21). The number of aryl methyl sites for hydroxylation is 1. The second-order valence-corrected chi connectivity index (χ2v) is 6.09. The summed E-state index contributed by atoms with van der Waals surface area (Å²) >= 11 is 3.10. The molecule has 0 spiro atoms. The van der Waals surface area contributed by atoms with E-state index in [0.29, 0.717) is 10.0 Å². The molecular formula is C17H15BrFNO. The predicted octanol–water partition coefficient (Wildman–Crippen LogP) is 4.72. The van der Waals surface area contributed by atoms with Gasteiger partial charge in [0.1, 0.15) is 5.82 Å². The number of anilines is 1. The van der Waals surface area contributed by atoms with E-state index in [2.05, 4.69) is 27.3 Å². The molecule has 0 heterocycles. The van der Waals surface area contributed by atoms with Crippen LogP contribution in [0.2, 0.25) is 0 Å². The van der Waals surface area contributed by atoms with E-state index in [9.17, 15) is 9.18 Å². The Morgan fingerprint density at radius 2 is 1.95 bits per heavy atom. The first-order valence-electron chi connectivity index (χ1n) is 7.02. The van der Waals surface area contributed by atoms with Crippen LogP contribution >= 0.6 is 15.9 Å². The van der Waals surface area contributed by atoms with Gasteiger partial charge in [-0.3, -0.25) is 4.79 Å². The second kappa shape index (κ2) is 5.98. The number of rotatable bonds is 2. The van der Waals surface area contributed by atoms with Crippen molar-refractivity contribution in [3.8, 4) is 0 Å². The summed E-state index contributed by atoms with van der Waals surface area (Å²) in [5, 5.41) is 2.95. The molecule has 2 nitrogen and oxygen atoms in total. The molecule has 0 aromatic heterocycles. The Balaban J connectivity index is 1.86. The minimum Gasteiger partial charge on any atom is -0.322 e. The number of hydrogen-bond acceptors (Lipinski definition) is 1. The third-order valence-electron chi connectivity index (χ3n) is 3.83. The molecule has 2 aromatic carbocycles. The van der Waals surface area contributed by atoms with Crippen LogP contribution in [0.1, 0.15) is 34.3 Å². The number of amides is 1. The van der Waals surface area contributed by atoms with Crippen molar-refractivity contribution >= 4 is 27.5 Å². The lowest BCUT2D eigenvalue weighted by atomic mass is 9.90. The number of carbonyl (C=O) groups is 1. The molecule has 1 amide bonds. The Kier molecular flexibility index (Phi) is 4.06. The van der Waals surface area contributed by atoms with Crippen molar-refractivity contribution in [2.24, 2.45) is 0 Å². The molecular weight excluding hydrogens is 333 g/mol. The summed E-state index contributed by atoms with van der Waals surface area (Å²) in [5.41, 5.74) is 3.87. The fourth-order valence-corrected chi connectivity index (χ4v) is 3.11. The minimum atomic E-state index is -0.372. The molecule has 4 heteroatoms. The van der Waals surface area contributed by atoms with E-state index in [1.54, 1.807) is 0 Å². The van der Waals surface area contributed by atoms with Crippen LogP contribution < -0.4 is 5.32 Å². The maximum absolute atomic E-state index is 13.2. The SMILES string of the molecule is O=C(Nc1cccc2c1CCCC2)c1ccc(F)c(Br)c1. The summed E-state index contributed by atoms with van der Waals surface area (Å²) in [4.78, 5) is 12.3. The molecule has 0 saturated carbocycles. The summed E-state index contributed by atoms with van der Waals surface area (Å²) < 4.78 is 13.5. The second-order valence-electron chi connectivity index (χ2n) is 5.23.